The average Bonchev–Trinajstić information content (AvgIpc) is 3.08. The summed E-state index contributed by atoms with van der Waals surface area (Å²) in [6.07, 6.45) is 7.45. The minimum absolute atomic E-state index is 0.000826. The SMILES string of the molecule is C[C@H](NC(=O)C(=O)OC(C)(C)C)C(=O)NNC(=O)OCC1c2ccccc2C2C=CC=CC21. The van der Waals surface area contributed by atoms with Gasteiger partial charge in [-0.15, -0.1) is 0 Å². The third kappa shape index (κ3) is 6.00. The molecule has 0 bridgehead atoms. The second kappa shape index (κ2) is 9.89. The van der Waals surface area contributed by atoms with Crippen LogP contribution < -0.4 is 16.2 Å². The van der Waals surface area contributed by atoms with Gasteiger partial charge in [0.05, 0.1) is 0 Å². The van der Waals surface area contributed by atoms with E-state index >= 15 is 0 Å². The first-order valence-corrected chi connectivity index (χ1v) is 10.8. The van der Waals surface area contributed by atoms with Gasteiger partial charge in [0.1, 0.15) is 18.2 Å². The van der Waals surface area contributed by atoms with Crippen LogP contribution in [0.3, 0.4) is 0 Å². The van der Waals surface area contributed by atoms with E-state index in [1.54, 1.807) is 20.8 Å². The number of hydrogen-bond donors (Lipinski definition) is 3. The Hall–Kier alpha value is -3.62. The minimum atomic E-state index is -1.10. The molecule has 9 heteroatoms. The second-order valence-corrected chi connectivity index (χ2v) is 9.02. The summed E-state index contributed by atoms with van der Waals surface area (Å²) in [5.74, 6) is -2.44. The molecule has 0 saturated heterocycles. The highest BCUT2D eigenvalue weighted by Crippen LogP contribution is 2.49. The van der Waals surface area contributed by atoms with Crippen molar-refractivity contribution in [2.75, 3.05) is 6.61 Å². The molecule has 0 heterocycles. The van der Waals surface area contributed by atoms with Crippen LogP contribution in [0.5, 0.6) is 0 Å². The van der Waals surface area contributed by atoms with Crippen LogP contribution in [-0.4, -0.2) is 42.1 Å². The fourth-order valence-electron chi connectivity index (χ4n) is 3.95. The van der Waals surface area contributed by atoms with Crippen LogP contribution in [0, 0.1) is 5.92 Å². The van der Waals surface area contributed by atoms with Gasteiger partial charge in [0.2, 0.25) is 0 Å². The maximum Gasteiger partial charge on any atom is 0.426 e. The van der Waals surface area contributed by atoms with E-state index in [4.69, 9.17) is 9.47 Å². The molecule has 0 fully saturated rings. The minimum Gasteiger partial charge on any atom is -0.453 e. The number of hydrogen-bond acceptors (Lipinski definition) is 6. The number of benzene rings is 1. The molecule has 1 aromatic carbocycles. The molecule has 9 nitrogen and oxygen atoms in total. The van der Waals surface area contributed by atoms with Crippen LogP contribution in [0.4, 0.5) is 4.79 Å². The van der Waals surface area contributed by atoms with Gasteiger partial charge >= 0.3 is 18.0 Å². The summed E-state index contributed by atoms with van der Waals surface area (Å²) in [6.45, 7) is 6.37. The van der Waals surface area contributed by atoms with E-state index in [1.165, 1.54) is 12.5 Å². The monoisotopic (exact) mass is 455 g/mol. The topological polar surface area (TPSA) is 123 Å². The van der Waals surface area contributed by atoms with Crippen molar-refractivity contribution in [1.82, 2.24) is 16.2 Å². The largest absolute Gasteiger partial charge is 0.453 e. The van der Waals surface area contributed by atoms with Crippen molar-refractivity contribution >= 4 is 23.9 Å². The number of nitrogens with one attached hydrogen (secondary N) is 3. The summed E-state index contributed by atoms with van der Waals surface area (Å²) in [4.78, 5) is 47.9. The van der Waals surface area contributed by atoms with E-state index in [0.717, 1.165) is 5.56 Å². The van der Waals surface area contributed by atoms with Gasteiger partial charge < -0.3 is 14.8 Å². The molecule has 0 spiro atoms. The molecule has 1 aromatic rings. The smallest absolute Gasteiger partial charge is 0.426 e. The molecule has 3 N–H and O–H groups in total. The van der Waals surface area contributed by atoms with Gasteiger partial charge in [0, 0.05) is 11.8 Å². The zero-order chi connectivity index (χ0) is 24.2. The molecule has 3 unspecified atom stereocenters. The number of esters is 1. The Labute approximate surface area is 192 Å². The highest BCUT2D eigenvalue weighted by Gasteiger charge is 2.39. The van der Waals surface area contributed by atoms with Crippen LogP contribution in [0.2, 0.25) is 0 Å². The van der Waals surface area contributed by atoms with Gasteiger partial charge in [-0.05, 0) is 44.7 Å². The highest BCUT2D eigenvalue weighted by molar-refractivity contribution is 6.33. The molecule has 2 aliphatic carbocycles. The average molecular weight is 456 g/mol. The summed E-state index contributed by atoms with van der Waals surface area (Å²) >= 11 is 0. The number of amides is 3. The molecule has 176 valence electrons. The van der Waals surface area contributed by atoms with E-state index in [9.17, 15) is 19.2 Å². The molecule has 4 atom stereocenters. The van der Waals surface area contributed by atoms with Crippen LogP contribution in [0.25, 0.3) is 0 Å². The van der Waals surface area contributed by atoms with Crippen molar-refractivity contribution in [1.29, 1.82) is 0 Å². The zero-order valence-electron chi connectivity index (χ0n) is 19.1. The van der Waals surface area contributed by atoms with Crippen molar-refractivity contribution in [3.63, 3.8) is 0 Å². The lowest BCUT2D eigenvalue weighted by atomic mass is 9.84. The van der Waals surface area contributed by atoms with Crippen LogP contribution >= 0.6 is 0 Å². The van der Waals surface area contributed by atoms with Gasteiger partial charge in [0.15, 0.2) is 0 Å². The Balaban J connectivity index is 1.46. The Bertz CT molecular complexity index is 994. The van der Waals surface area contributed by atoms with Gasteiger partial charge in [0.25, 0.3) is 5.91 Å². The lowest BCUT2D eigenvalue weighted by molar-refractivity contribution is -0.163. The van der Waals surface area contributed by atoms with Crippen LogP contribution in [0.1, 0.15) is 50.7 Å². The van der Waals surface area contributed by atoms with Crippen LogP contribution in [-0.2, 0) is 23.9 Å². The summed E-state index contributed by atoms with van der Waals surface area (Å²) in [6, 6.07) is 6.99. The predicted molar refractivity (Wildman–Crippen MR) is 120 cm³/mol. The number of carbonyl (C=O) groups is 4. The number of allylic oxidation sites excluding steroid dienone is 4. The third-order valence-electron chi connectivity index (χ3n) is 5.40. The van der Waals surface area contributed by atoms with Crippen molar-refractivity contribution < 1.29 is 28.7 Å². The molecule has 33 heavy (non-hydrogen) atoms. The van der Waals surface area contributed by atoms with Gasteiger partial charge in [-0.25, -0.2) is 15.0 Å². The first-order valence-electron chi connectivity index (χ1n) is 10.8. The van der Waals surface area contributed by atoms with Crippen molar-refractivity contribution in [3.8, 4) is 0 Å². The highest BCUT2D eigenvalue weighted by atomic mass is 16.6. The maximum absolute atomic E-state index is 12.1. The van der Waals surface area contributed by atoms with Crippen molar-refractivity contribution in [2.45, 2.75) is 51.2 Å². The molecular formula is C24H29N3O6. The van der Waals surface area contributed by atoms with Gasteiger partial charge in [-0.1, -0.05) is 48.6 Å². The second-order valence-electron chi connectivity index (χ2n) is 9.02. The molecule has 3 amide bonds. The zero-order valence-corrected chi connectivity index (χ0v) is 19.1. The Morgan fingerprint density at radius 3 is 2.36 bits per heavy atom. The summed E-state index contributed by atoms with van der Waals surface area (Å²) in [5.41, 5.74) is 5.86. The van der Waals surface area contributed by atoms with E-state index in [0.29, 0.717) is 0 Å². The molecule has 3 rings (SSSR count). The molecule has 0 aromatic heterocycles. The summed E-state index contributed by atoms with van der Waals surface area (Å²) in [5, 5.41) is 2.21. The van der Waals surface area contributed by atoms with E-state index in [1.807, 2.05) is 30.4 Å². The number of fused-ring (bicyclic) bond motifs is 3. The molecule has 0 radical (unpaired) electrons. The normalized spacial score (nSPS) is 21.3. The number of ether oxygens (including phenoxy) is 2. The first-order chi connectivity index (χ1) is 15.6. The Kier molecular flexibility index (Phi) is 7.20. The molecule has 2 aliphatic rings. The standard InChI is InChI=1S/C24H29N3O6/c1-14(25-21(29)22(30)33-24(2,3)4)20(28)26-27-23(31)32-13-19-17-11-7-5-9-15(17)16-10-6-8-12-18(16)19/h5-12,14-15,17,19H,13H2,1-4H3,(H,25,29)(H,26,28)(H,27,31)/t14-,15?,17?,19?/m0/s1. The van der Waals surface area contributed by atoms with Crippen LogP contribution in [0.15, 0.2) is 48.6 Å². The maximum atomic E-state index is 12.1. The molecular weight excluding hydrogens is 426 g/mol. The summed E-state index contributed by atoms with van der Waals surface area (Å²) < 4.78 is 10.3. The van der Waals surface area contributed by atoms with E-state index in [-0.39, 0.29) is 24.4 Å². The number of carbonyl (C=O) groups excluding carboxylic acids is 4. The molecule has 0 saturated carbocycles. The van der Waals surface area contributed by atoms with Crippen molar-refractivity contribution in [3.05, 3.63) is 59.7 Å². The predicted octanol–water partition coefficient (Wildman–Crippen LogP) is 2.21. The summed E-state index contributed by atoms with van der Waals surface area (Å²) in [7, 11) is 0. The molecule has 0 aliphatic heterocycles. The lowest BCUT2D eigenvalue weighted by Crippen LogP contribution is -2.52. The Morgan fingerprint density at radius 2 is 1.67 bits per heavy atom. The fraction of sp³-hybridized carbons (Fsp3) is 0.417. The Morgan fingerprint density at radius 1 is 1.00 bits per heavy atom. The first kappa shape index (κ1) is 24.0. The fourth-order valence-corrected chi connectivity index (χ4v) is 3.95. The van der Waals surface area contributed by atoms with E-state index in [2.05, 4.69) is 34.4 Å². The van der Waals surface area contributed by atoms with Gasteiger partial charge in [-0.2, -0.15) is 0 Å². The van der Waals surface area contributed by atoms with Crippen molar-refractivity contribution in [2.24, 2.45) is 5.92 Å². The number of rotatable bonds is 4. The quantitative estimate of drug-likeness (QED) is 0.363. The third-order valence-corrected chi connectivity index (χ3v) is 5.40. The van der Waals surface area contributed by atoms with Gasteiger partial charge in [-0.3, -0.25) is 15.0 Å². The lowest BCUT2D eigenvalue weighted by Gasteiger charge is -2.22. The van der Waals surface area contributed by atoms with E-state index < -0.39 is 35.5 Å². The number of hydrazine groups is 1.